The lowest BCUT2D eigenvalue weighted by molar-refractivity contribution is -0.131. The summed E-state index contributed by atoms with van der Waals surface area (Å²) in [6.07, 6.45) is 1.07. The molecule has 0 radical (unpaired) electrons. The molecule has 0 heterocycles. The van der Waals surface area contributed by atoms with Gasteiger partial charge in [0, 0.05) is 31.1 Å². The summed E-state index contributed by atoms with van der Waals surface area (Å²) >= 11 is 0. The van der Waals surface area contributed by atoms with E-state index in [2.05, 4.69) is 10.6 Å². The van der Waals surface area contributed by atoms with Crippen molar-refractivity contribution in [1.29, 1.82) is 0 Å². The van der Waals surface area contributed by atoms with Gasteiger partial charge in [0.15, 0.2) is 0 Å². The van der Waals surface area contributed by atoms with Gasteiger partial charge in [-0.05, 0) is 54.8 Å². The van der Waals surface area contributed by atoms with Gasteiger partial charge in [0.05, 0.1) is 0 Å². The maximum absolute atomic E-state index is 12.4. The molecule has 6 heteroatoms. The number of aryl methyl sites for hydroxylation is 2. The topological polar surface area (TPSA) is 84.5 Å². The second-order valence-corrected chi connectivity index (χ2v) is 7.54. The van der Waals surface area contributed by atoms with Crippen molar-refractivity contribution in [3.63, 3.8) is 0 Å². The third-order valence-corrected chi connectivity index (χ3v) is 4.78. The quantitative estimate of drug-likeness (QED) is 0.409. The predicted octanol–water partition coefficient (Wildman–Crippen LogP) is 4.42. The van der Waals surface area contributed by atoms with Crippen LogP contribution in [-0.2, 0) is 22.6 Å². The number of rotatable bonds is 8. The first-order chi connectivity index (χ1) is 15.4. The molecule has 0 bridgehead atoms. The lowest BCUT2D eigenvalue weighted by Crippen LogP contribution is -2.23. The van der Waals surface area contributed by atoms with Gasteiger partial charge in [0.25, 0.3) is 5.91 Å². The number of hydrogen-bond acceptors (Lipinski definition) is 4. The summed E-state index contributed by atoms with van der Waals surface area (Å²) in [6, 6.07) is 21.9. The van der Waals surface area contributed by atoms with Crippen LogP contribution in [0.2, 0.25) is 0 Å². The van der Waals surface area contributed by atoms with Crippen molar-refractivity contribution in [2.24, 2.45) is 0 Å². The van der Waals surface area contributed by atoms with Crippen molar-refractivity contribution in [2.45, 2.75) is 33.2 Å². The van der Waals surface area contributed by atoms with Gasteiger partial charge >= 0.3 is 5.97 Å². The molecule has 32 heavy (non-hydrogen) atoms. The van der Waals surface area contributed by atoms with E-state index in [1.165, 1.54) is 18.6 Å². The van der Waals surface area contributed by atoms with E-state index in [9.17, 15) is 14.4 Å². The SMILES string of the molecule is CC(=O)Oc1cccc(C(=O)NCc2cccc(NC(=O)CCc3ccc(C)cc3)c2)c1. The summed E-state index contributed by atoms with van der Waals surface area (Å²) in [6.45, 7) is 3.64. The van der Waals surface area contributed by atoms with Gasteiger partial charge < -0.3 is 15.4 Å². The first kappa shape index (κ1) is 22.7. The van der Waals surface area contributed by atoms with Gasteiger partial charge in [0.1, 0.15) is 5.75 Å². The second kappa shape index (κ2) is 10.9. The third-order valence-electron chi connectivity index (χ3n) is 4.78. The van der Waals surface area contributed by atoms with Crippen molar-refractivity contribution in [3.05, 3.63) is 95.1 Å². The van der Waals surface area contributed by atoms with Crippen molar-refractivity contribution >= 4 is 23.5 Å². The Labute approximate surface area is 187 Å². The minimum absolute atomic E-state index is 0.0611. The number of amides is 2. The first-order valence-corrected chi connectivity index (χ1v) is 10.4. The molecule has 2 amide bonds. The van der Waals surface area contributed by atoms with E-state index >= 15 is 0 Å². The molecular weight excluding hydrogens is 404 g/mol. The number of carbonyl (C=O) groups excluding carboxylic acids is 3. The zero-order chi connectivity index (χ0) is 22.9. The van der Waals surface area contributed by atoms with Crippen LogP contribution in [-0.4, -0.2) is 17.8 Å². The molecule has 3 aromatic carbocycles. The van der Waals surface area contributed by atoms with E-state index in [1.54, 1.807) is 18.2 Å². The Kier molecular flexibility index (Phi) is 7.75. The average molecular weight is 431 g/mol. The van der Waals surface area contributed by atoms with Crippen LogP contribution in [0, 0.1) is 6.92 Å². The lowest BCUT2D eigenvalue weighted by Gasteiger charge is -2.10. The fourth-order valence-corrected chi connectivity index (χ4v) is 3.15. The Hall–Kier alpha value is -3.93. The van der Waals surface area contributed by atoms with E-state index in [0.29, 0.717) is 36.4 Å². The molecular formula is C26H26N2O4. The summed E-state index contributed by atoms with van der Waals surface area (Å²) in [4.78, 5) is 35.8. The second-order valence-electron chi connectivity index (χ2n) is 7.54. The van der Waals surface area contributed by atoms with E-state index in [1.807, 2.05) is 55.5 Å². The van der Waals surface area contributed by atoms with Crippen molar-refractivity contribution < 1.29 is 19.1 Å². The van der Waals surface area contributed by atoms with E-state index in [4.69, 9.17) is 4.74 Å². The average Bonchev–Trinajstić information content (AvgIpc) is 2.77. The first-order valence-electron chi connectivity index (χ1n) is 10.4. The highest BCUT2D eigenvalue weighted by atomic mass is 16.5. The highest BCUT2D eigenvalue weighted by Crippen LogP contribution is 2.15. The van der Waals surface area contributed by atoms with Gasteiger partial charge in [-0.1, -0.05) is 48.0 Å². The minimum Gasteiger partial charge on any atom is -0.427 e. The Balaban J connectivity index is 1.52. The van der Waals surface area contributed by atoms with Crippen LogP contribution in [0.15, 0.2) is 72.8 Å². The lowest BCUT2D eigenvalue weighted by atomic mass is 10.1. The highest BCUT2D eigenvalue weighted by Gasteiger charge is 2.09. The van der Waals surface area contributed by atoms with Crippen LogP contribution in [0.4, 0.5) is 5.69 Å². The van der Waals surface area contributed by atoms with Gasteiger partial charge in [-0.15, -0.1) is 0 Å². The Morgan fingerprint density at radius 3 is 2.38 bits per heavy atom. The number of carbonyl (C=O) groups is 3. The van der Waals surface area contributed by atoms with Crippen LogP contribution in [0.1, 0.15) is 40.4 Å². The van der Waals surface area contributed by atoms with Crippen molar-refractivity contribution in [3.8, 4) is 5.75 Å². The molecule has 3 rings (SSSR count). The maximum atomic E-state index is 12.4. The predicted molar refractivity (Wildman–Crippen MR) is 123 cm³/mol. The number of hydrogen-bond donors (Lipinski definition) is 2. The summed E-state index contributed by atoms with van der Waals surface area (Å²) in [5.41, 5.74) is 4.25. The molecule has 0 saturated heterocycles. The van der Waals surface area contributed by atoms with Gasteiger partial charge in [0.2, 0.25) is 5.91 Å². The maximum Gasteiger partial charge on any atom is 0.308 e. The zero-order valence-corrected chi connectivity index (χ0v) is 18.2. The minimum atomic E-state index is -0.444. The molecule has 0 aliphatic carbocycles. The third kappa shape index (κ3) is 7.09. The molecule has 0 atom stereocenters. The molecule has 0 aliphatic heterocycles. The molecule has 0 spiro atoms. The van der Waals surface area contributed by atoms with E-state index < -0.39 is 5.97 Å². The number of esters is 1. The van der Waals surface area contributed by atoms with Crippen LogP contribution in [0.3, 0.4) is 0 Å². The van der Waals surface area contributed by atoms with E-state index in [0.717, 1.165) is 11.1 Å². The van der Waals surface area contributed by atoms with Crippen molar-refractivity contribution in [1.82, 2.24) is 5.32 Å². The smallest absolute Gasteiger partial charge is 0.308 e. The fraction of sp³-hybridized carbons (Fsp3) is 0.192. The Morgan fingerprint density at radius 2 is 1.62 bits per heavy atom. The van der Waals surface area contributed by atoms with E-state index in [-0.39, 0.29) is 11.8 Å². The van der Waals surface area contributed by atoms with Gasteiger partial charge in [-0.3, -0.25) is 14.4 Å². The summed E-state index contributed by atoms with van der Waals surface area (Å²) in [7, 11) is 0. The largest absolute Gasteiger partial charge is 0.427 e. The van der Waals surface area contributed by atoms with Crippen LogP contribution in [0.5, 0.6) is 5.75 Å². The van der Waals surface area contributed by atoms with Crippen LogP contribution >= 0.6 is 0 Å². The summed E-state index contributed by atoms with van der Waals surface area (Å²) in [5, 5.41) is 5.74. The number of benzene rings is 3. The molecule has 0 saturated carbocycles. The van der Waals surface area contributed by atoms with Crippen LogP contribution < -0.4 is 15.4 Å². The molecule has 0 fully saturated rings. The number of ether oxygens (including phenoxy) is 1. The Bertz CT molecular complexity index is 1110. The molecule has 2 N–H and O–H groups in total. The number of anilines is 1. The molecule has 164 valence electrons. The number of nitrogens with one attached hydrogen (secondary N) is 2. The molecule has 3 aromatic rings. The van der Waals surface area contributed by atoms with Crippen LogP contribution in [0.25, 0.3) is 0 Å². The normalized spacial score (nSPS) is 10.3. The van der Waals surface area contributed by atoms with Gasteiger partial charge in [-0.25, -0.2) is 0 Å². The monoisotopic (exact) mass is 430 g/mol. The zero-order valence-electron chi connectivity index (χ0n) is 18.2. The standard InChI is InChI=1S/C26H26N2O4/c1-18-9-11-20(12-10-18)13-14-25(30)28-23-7-3-5-21(15-23)17-27-26(31)22-6-4-8-24(16-22)32-19(2)29/h3-12,15-16H,13-14,17H2,1-2H3,(H,27,31)(H,28,30). The summed E-state index contributed by atoms with van der Waals surface area (Å²) < 4.78 is 5.01. The molecule has 0 aliphatic rings. The van der Waals surface area contributed by atoms with Crippen molar-refractivity contribution in [2.75, 3.05) is 5.32 Å². The summed E-state index contributed by atoms with van der Waals surface area (Å²) in [5.74, 6) is -0.471. The molecule has 0 aromatic heterocycles. The fourth-order valence-electron chi connectivity index (χ4n) is 3.15. The van der Waals surface area contributed by atoms with Gasteiger partial charge in [-0.2, -0.15) is 0 Å². The molecule has 0 unspecified atom stereocenters. The Morgan fingerprint density at radius 1 is 0.875 bits per heavy atom. The molecule has 6 nitrogen and oxygen atoms in total. The highest BCUT2D eigenvalue weighted by molar-refractivity contribution is 5.94.